The average molecular weight is 417 g/mol. The van der Waals surface area contributed by atoms with Gasteiger partial charge in [0.05, 0.1) is 28.7 Å². The molecule has 1 fully saturated rings. The first-order valence-electron chi connectivity index (χ1n) is 9.43. The average Bonchev–Trinajstić information content (AvgIpc) is 3.25. The molecule has 1 amide bonds. The molecule has 1 saturated heterocycles. The van der Waals surface area contributed by atoms with Gasteiger partial charge in [-0.1, -0.05) is 23.9 Å². The number of para-hydroxylation sites is 1. The van der Waals surface area contributed by atoms with E-state index < -0.39 is 4.92 Å². The third-order valence-electron chi connectivity index (χ3n) is 4.66. The predicted molar refractivity (Wildman–Crippen MR) is 112 cm³/mol. The second-order valence-electron chi connectivity index (χ2n) is 6.66. The Balaban J connectivity index is 1.64. The number of nitrogens with zero attached hydrogens (tertiary/aromatic N) is 2. The number of nitro groups is 1. The van der Waals surface area contributed by atoms with E-state index in [1.54, 1.807) is 12.1 Å². The Morgan fingerprint density at radius 2 is 1.97 bits per heavy atom. The number of nitro benzene ring substituents is 1. The molecule has 154 valence electrons. The minimum absolute atomic E-state index is 0.0289. The zero-order valence-corrected chi connectivity index (χ0v) is 17.0. The maximum atomic E-state index is 12.1. The number of amides is 1. The van der Waals surface area contributed by atoms with Gasteiger partial charge < -0.3 is 9.64 Å². The zero-order chi connectivity index (χ0) is 20.6. The molecule has 0 spiro atoms. The van der Waals surface area contributed by atoms with Crippen molar-refractivity contribution < 1.29 is 14.5 Å². The number of hydrogen-bond acceptors (Lipinski definition) is 7. The van der Waals surface area contributed by atoms with E-state index in [1.165, 1.54) is 37.8 Å². The van der Waals surface area contributed by atoms with Gasteiger partial charge in [0.25, 0.3) is 5.69 Å². The summed E-state index contributed by atoms with van der Waals surface area (Å²) in [6.07, 6.45) is 2.82. The van der Waals surface area contributed by atoms with Crippen LogP contribution in [0.15, 0.2) is 52.3 Å². The Kier molecular flexibility index (Phi) is 7.31. The monoisotopic (exact) mass is 416 g/mol. The molecular weight excluding hydrogens is 392 g/mol. The van der Waals surface area contributed by atoms with Crippen LogP contribution in [0.25, 0.3) is 0 Å². The van der Waals surface area contributed by atoms with Crippen LogP contribution >= 0.6 is 11.8 Å². The Morgan fingerprint density at radius 3 is 2.69 bits per heavy atom. The Morgan fingerprint density at radius 1 is 1.21 bits per heavy atom. The van der Waals surface area contributed by atoms with Crippen LogP contribution in [0, 0.1) is 10.1 Å². The van der Waals surface area contributed by atoms with Crippen molar-refractivity contribution in [2.75, 3.05) is 32.2 Å². The van der Waals surface area contributed by atoms with Gasteiger partial charge in [0.15, 0.2) is 0 Å². The van der Waals surface area contributed by atoms with Crippen LogP contribution in [-0.4, -0.2) is 42.5 Å². The number of methoxy groups -OCH3 is 1. The first-order chi connectivity index (χ1) is 14.1. The summed E-state index contributed by atoms with van der Waals surface area (Å²) in [6.45, 7) is 2.86. The molecule has 0 saturated carbocycles. The highest BCUT2D eigenvalue weighted by Crippen LogP contribution is 2.39. The molecule has 1 aliphatic heterocycles. The van der Waals surface area contributed by atoms with Gasteiger partial charge in [-0.2, -0.15) is 0 Å². The number of anilines is 1. The number of benzene rings is 2. The fourth-order valence-electron chi connectivity index (χ4n) is 3.10. The van der Waals surface area contributed by atoms with Gasteiger partial charge in [0, 0.05) is 17.9 Å². The van der Waals surface area contributed by atoms with E-state index in [2.05, 4.69) is 15.8 Å². The zero-order valence-electron chi connectivity index (χ0n) is 16.2. The number of nitrogens with one attached hydrogen (secondary N) is 2. The fourth-order valence-corrected chi connectivity index (χ4v) is 4.08. The molecule has 2 aromatic rings. The molecule has 0 unspecified atom stereocenters. The third-order valence-corrected chi connectivity index (χ3v) is 5.80. The summed E-state index contributed by atoms with van der Waals surface area (Å²) >= 11 is 1.25. The van der Waals surface area contributed by atoms with Gasteiger partial charge in [-0.25, -0.2) is 0 Å². The van der Waals surface area contributed by atoms with Crippen molar-refractivity contribution in [1.82, 2.24) is 10.3 Å². The summed E-state index contributed by atoms with van der Waals surface area (Å²) in [4.78, 5) is 26.7. The molecule has 0 aliphatic carbocycles. The van der Waals surface area contributed by atoms with Crippen LogP contribution < -0.4 is 15.6 Å². The lowest BCUT2D eigenvalue weighted by molar-refractivity contribution is -0.387. The quantitative estimate of drug-likeness (QED) is 0.475. The second kappa shape index (κ2) is 10.1. The normalized spacial score (nSPS) is 13.8. The van der Waals surface area contributed by atoms with Crippen LogP contribution in [0.4, 0.5) is 11.4 Å². The molecule has 1 aliphatic rings. The van der Waals surface area contributed by atoms with E-state index in [0.717, 1.165) is 24.5 Å². The SMILES string of the molecule is COc1ccc(Sc2ccccc2NNC(=O)CCN2CCCC2)c([N+](=O)[O-])c1. The molecule has 9 heteroatoms. The highest BCUT2D eigenvalue weighted by molar-refractivity contribution is 7.99. The summed E-state index contributed by atoms with van der Waals surface area (Å²) in [5, 5.41) is 11.4. The number of carbonyl (C=O) groups excluding carboxylic acids is 1. The first-order valence-corrected chi connectivity index (χ1v) is 10.2. The second-order valence-corrected chi connectivity index (χ2v) is 7.74. The minimum Gasteiger partial charge on any atom is -0.497 e. The predicted octanol–water partition coefficient (Wildman–Crippen LogP) is 3.68. The van der Waals surface area contributed by atoms with Crippen LogP contribution in [-0.2, 0) is 4.79 Å². The van der Waals surface area contributed by atoms with Gasteiger partial charge in [-0.3, -0.25) is 25.8 Å². The number of likely N-dealkylation sites (tertiary alicyclic amines) is 1. The molecule has 2 N–H and O–H groups in total. The van der Waals surface area contributed by atoms with Crippen LogP contribution in [0.2, 0.25) is 0 Å². The summed E-state index contributed by atoms with van der Waals surface area (Å²) in [7, 11) is 1.47. The molecule has 8 nitrogen and oxygen atoms in total. The van der Waals surface area contributed by atoms with Crippen molar-refractivity contribution in [3.8, 4) is 5.75 Å². The molecule has 1 heterocycles. The van der Waals surface area contributed by atoms with E-state index >= 15 is 0 Å². The van der Waals surface area contributed by atoms with Crippen LogP contribution in [0.1, 0.15) is 19.3 Å². The Labute approximate surface area is 173 Å². The maximum Gasteiger partial charge on any atom is 0.286 e. The highest BCUT2D eigenvalue weighted by atomic mass is 32.2. The lowest BCUT2D eigenvalue weighted by Crippen LogP contribution is -2.33. The molecule has 0 aromatic heterocycles. The molecule has 3 rings (SSSR count). The number of rotatable bonds is 9. The first kappa shape index (κ1) is 20.9. The Bertz CT molecular complexity index is 871. The maximum absolute atomic E-state index is 12.1. The molecular formula is C20H24N4O4S. The van der Waals surface area contributed by atoms with E-state index in [1.807, 2.05) is 24.3 Å². The summed E-state index contributed by atoms with van der Waals surface area (Å²) in [6, 6.07) is 12.1. The highest BCUT2D eigenvalue weighted by Gasteiger charge is 2.18. The number of ether oxygens (including phenoxy) is 1. The smallest absolute Gasteiger partial charge is 0.286 e. The van der Waals surface area contributed by atoms with E-state index in [0.29, 0.717) is 22.8 Å². The summed E-state index contributed by atoms with van der Waals surface area (Å²) in [5.74, 6) is 0.338. The summed E-state index contributed by atoms with van der Waals surface area (Å²) < 4.78 is 5.08. The van der Waals surface area contributed by atoms with Gasteiger partial charge in [-0.05, 0) is 50.2 Å². The van der Waals surface area contributed by atoms with E-state index in [-0.39, 0.29) is 11.6 Å². The fraction of sp³-hybridized carbons (Fsp3) is 0.350. The lowest BCUT2D eigenvalue weighted by atomic mass is 10.3. The molecule has 2 aromatic carbocycles. The molecule has 29 heavy (non-hydrogen) atoms. The van der Waals surface area contributed by atoms with Crippen molar-refractivity contribution in [2.45, 2.75) is 29.1 Å². The van der Waals surface area contributed by atoms with Crippen molar-refractivity contribution in [2.24, 2.45) is 0 Å². The molecule has 0 bridgehead atoms. The van der Waals surface area contributed by atoms with Gasteiger partial charge in [-0.15, -0.1) is 0 Å². The van der Waals surface area contributed by atoms with Crippen LogP contribution in [0.3, 0.4) is 0 Å². The number of hydrogen-bond donors (Lipinski definition) is 2. The van der Waals surface area contributed by atoms with Crippen molar-refractivity contribution in [1.29, 1.82) is 0 Å². The van der Waals surface area contributed by atoms with Gasteiger partial charge in [0.1, 0.15) is 5.75 Å². The largest absolute Gasteiger partial charge is 0.497 e. The molecule has 0 radical (unpaired) electrons. The molecule has 0 atom stereocenters. The number of hydrazine groups is 1. The number of carbonyl (C=O) groups is 1. The van der Waals surface area contributed by atoms with Gasteiger partial charge in [0.2, 0.25) is 5.91 Å². The lowest BCUT2D eigenvalue weighted by Gasteiger charge is -2.15. The minimum atomic E-state index is -0.430. The topological polar surface area (TPSA) is 96.7 Å². The van der Waals surface area contributed by atoms with Gasteiger partial charge >= 0.3 is 0 Å². The van der Waals surface area contributed by atoms with Crippen molar-refractivity contribution in [3.63, 3.8) is 0 Å². The van der Waals surface area contributed by atoms with Crippen LogP contribution in [0.5, 0.6) is 5.75 Å². The summed E-state index contributed by atoms with van der Waals surface area (Å²) in [5.41, 5.74) is 6.32. The standard InChI is InChI=1S/C20H24N4O4S/c1-28-15-8-9-19(17(14-15)24(26)27)29-18-7-3-2-6-16(18)21-22-20(25)10-13-23-11-4-5-12-23/h2-3,6-9,14,21H,4-5,10-13H2,1H3,(H,22,25). The van der Waals surface area contributed by atoms with Crippen molar-refractivity contribution >= 4 is 29.0 Å². The van der Waals surface area contributed by atoms with E-state index in [4.69, 9.17) is 4.74 Å². The third kappa shape index (κ3) is 5.85. The van der Waals surface area contributed by atoms with Crippen molar-refractivity contribution in [3.05, 3.63) is 52.6 Å². The Hall–Kier alpha value is -2.78. The van der Waals surface area contributed by atoms with E-state index in [9.17, 15) is 14.9 Å².